The Morgan fingerprint density at radius 3 is 2.76 bits per heavy atom. The van der Waals surface area contributed by atoms with Crippen molar-refractivity contribution in [1.82, 2.24) is 0 Å². The molecule has 0 radical (unpaired) electrons. The number of fused-ring (bicyclic) bond motifs is 1. The van der Waals surface area contributed by atoms with E-state index in [1.807, 2.05) is 6.07 Å². The smallest absolute Gasteiger partial charge is 0.263 e. The number of halogens is 1. The van der Waals surface area contributed by atoms with Crippen molar-refractivity contribution in [3.63, 3.8) is 0 Å². The fraction of sp³-hybridized carbons (Fsp3) is 0.235. The maximum Gasteiger partial charge on any atom is 0.263 e. The molecule has 0 fully saturated rings. The van der Waals surface area contributed by atoms with Gasteiger partial charge in [-0.05, 0) is 36.2 Å². The Balaban J connectivity index is 1.89. The predicted molar refractivity (Wildman–Crippen MR) is 96.6 cm³/mol. The molecule has 0 saturated heterocycles. The predicted octanol–water partition coefficient (Wildman–Crippen LogP) is 2.68. The molecule has 0 unspecified atom stereocenters. The van der Waals surface area contributed by atoms with Crippen LogP contribution in [-0.4, -0.2) is 34.6 Å². The molecule has 0 saturated carbocycles. The molecule has 0 aliphatic carbocycles. The van der Waals surface area contributed by atoms with Crippen LogP contribution in [0.15, 0.2) is 47.4 Å². The minimum Gasteiger partial charge on any atom is -0.375 e. The summed E-state index contributed by atoms with van der Waals surface area (Å²) in [6.07, 6.45) is 0.725. The highest BCUT2D eigenvalue weighted by Crippen LogP contribution is 2.32. The summed E-state index contributed by atoms with van der Waals surface area (Å²) in [6.45, 7) is 0.535. The summed E-state index contributed by atoms with van der Waals surface area (Å²) in [6, 6.07) is 11.4. The van der Waals surface area contributed by atoms with Gasteiger partial charge in [0.15, 0.2) is 0 Å². The van der Waals surface area contributed by atoms with Gasteiger partial charge in [0.05, 0.1) is 10.7 Å². The van der Waals surface area contributed by atoms with Crippen molar-refractivity contribution >= 4 is 38.9 Å². The van der Waals surface area contributed by atoms with Gasteiger partial charge in [0.25, 0.3) is 15.9 Å². The van der Waals surface area contributed by atoms with E-state index in [0.717, 1.165) is 12.0 Å². The number of methoxy groups -OCH3 is 1. The van der Waals surface area contributed by atoms with Crippen LogP contribution in [0.25, 0.3) is 0 Å². The van der Waals surface area contributed by atoms with Crippen LogP contribution in [0.1, 0.15) is 5.56 Å². The quantitative estimate of drug-likeness (QED) is 0.865. The van der Waals surface area contributed by atoms with Crippen LogP contribution in [0.4, 0.5) is 11.4 Å². The molecule has 0 spiro atoms. The van der Waals surface area contributed by atoms with E-state index in [1.165, 1.54) is 19.2 Å². The van der Waals surface area contributed by atoms with Crippen molar-refractivity contribution < 1.29 is 17.9 Å². The summed E-state index contributed by atoms with van der Waals surface area (Å²) >= 11 is 5.98. The summed E-state index contributed by atoms with van der Waals surface area (Å²) in [4.78, 5) is 13.7. The molecular formula is C17H17ClN2O4S. The molecule has 0 bridgehead atoms. The number of rotatable bonds is 5. The Kier molecular flexibility index (Phi) is 4.99. The molecule has 2 aromatic carbocycles. The van der Waals surface area contributed by atoms with Gasteiger partial charge in [-0.1, -0.05) is 29.8 Å². The first-order valence-electron chi connectivity index (χ1n) is 7.62. The Morgan fingerprint density at radius 1 is 1.28 bits per heavy atom. The van der Waals surface area contributed by atoms with Crippen LogP contribution in [0.2, 0.25) is 5.02 Å². The number of sulfonamides is 1. The number of amides is 1. The zero-order valence-corrected chi connectivity index (χ0v) is 15.1. The molecule has 2 aromatic rings. The zero-order valence-electron chi connectivity index (χ0n) is 13.5. The zero-order chi connectivity index (χ0) is 18.0. The lowest BCUT2D eigenvalue weighted by Gasteiger charge is -2.18. The highest BCUT2D eigenvalue weighted by Gasteiger charge is 2.25. The maximum absolute atomic E-state index is 12.5. The molecule has 1 heterocycles. The number of hydrogen-bond donors (Lipinski definition) is 1. The van der Waals surface area contributed by atoms with Crippen molar-refractivity contribution in [2.75, 3.05) is 29.9 Å². The lowest BCUT2D eigenvalue weighted by Crippen LogP contribution is -2.32. The number of carbonyl (C=O) groups excluding carboxylic acids is 1. The lowest BCUT2D eigenvalue weighted by atomic mass is 10.1. The summed E-state index contributed by atoms with van der Waals surface area (Å²) in [5.41, 5.74) is 2.06. The molecule has 3 rings (SSSR count). The maximum atomic E-state index is 12.5. The van der Waals surface area contributed by atoms with Crippen LogP contribution in [0.3, 0.4) is 0 Å². The molecule has 1 amide bonds. The fourth-order valence-electron chi connectivity index (χ4n) is 2.78. The normalized spacial score (nSPS) is 13.6. The number of carbonyl (C=O) groups is 1. The van der Waals surface area contributed by atoms with Gasteiger partial charge in [0, 0.05) is 19.3 Å². The molecule has 8 heteroatoms. The van der Waals surface area contributed by atoms with Gasteiger partial charge in [-0.15, -0.1) is 0 Å². The Hall–Kier alpha value is -2.09. The molecule has 0 atom stereocenters. The van der Waals surface area contributed by atoms with E-state index in [1.54, 1.807) is 29.2 Å². The fourth-order valence-corrected chi connectivity index (χ4v) is 4.35. The molecule has 1 N–H and O–H groups in total. The van der Waals surface area contributed by atoms with Crippen LogP contribution < -0.4 is 9.62 Å². The largest absolute Gasteiger partial charge is 0.375 e. The second kappa shape index (κ2) is 7.03. The van der Waals surface area contributed by atoms with Crippen molar-refractivity contribution in [2.45, 2.75) is 11.3 Å². The molecule has 1 aliphatic rings. The van der Waals surface area contributed by atoms with E-state index in [2.05, 4.69) is 4.72 Å². The van der Waals surface area contributed by atoms with E-state index >= 15 is 0 Å². The Labute approximate surface area is 151 Å². The summed E-state index contributed by atoms with van der Waals surface area (Å²) in [5, 5.41) is 0.146. The van der Waals surface area contributed by atoms with Crippen LogP contribution in [0, 0.1) is 0 Å². The molecule has 6 nitrogen and oxygen atoms in total. The van der Waals surface area contributed by atoms with Gasteiger partial charge in [-0.25, -0.2) is 8.42 Å². The average Bonchev–Trinajstić information content (AvgIpc) is 2.98. The van der Waals surface area contributed by atoms with E-state index in [9.17, 15) is 13.2 Å². The summed E-state index contributed by atoms with van der Waals surface area (Å²) in [5.74, 6) is -0.160. The van der Waals surface area contributed by atoms with E-state index in [0.29, 0.717) is 17.9 Å². The Morgan fingerprint density at radius 2 is 2.04 bits per heavy atom. The first-order valence-corrected chi connectivity index (χ1v) is 9.48. The second-order valence-corrected chi connectivity index (χ2v) is 7.67. The summed E-state index contributed by atoms with van der Waals surface area (Å²) in [7, 11) is -2.36. The molecular weight excluding hydrogens is 364 g/mol. The van der Waals surface area contributed by atoms with Gasteiger partial charge in [0.1, 0.15) is 11.5 Å². The van der Waals surface area contributed by atoms with Gasteiger partial charge in [-0.3, -0.25) is 9.52 Å². The third-order valence-corrected chi connectivity index (χ3v) is 5.81. The number of ether oxygens (including phenoxy) is 1. The minimum atomic E-state index is -3.82. The minimum absolute atomic E-state index is 0.00415. The van der Waals surface area contributed by atoms with Crippen LogP contribution >= 0.6 is 11.6 Å². The molecule has 132 valence electrons. The lowest BCUT2D eigenvalue weighted by molar-refractivity contribution is -0.122. The number of hydrogen-bond acceptors (Lipinski definition) is 4. The Bertz CT molecular complexity index is 915. The standard InChI is InChI=1S/C17H17ClN2O4S/c1-24-11-17(21)20-9-8-12-6-7-13(10-15(12)20)19-25(22,23)16-5-3-2-4-14(16)18/h2-7,10,19H,8-9,11H2,1H3. The highest BCUT2D eigenvalue weighted by molar-refractivity contribution is 7.92. The number of nitrogens with zero attached hydrogens (tertiary/aromatic N) is 1. The average molecular weight is 381 g/mol. The van der Waals surface area contributed by atoms with E-state index < -0.39 is 10.0 Å². The third kappa shape index (κ3) is 3.63. The molecule has 0 aromatic heterocycles. The SMILES string of the molecule is COCC(=O)N1CCc2ccc(NS(=O)(=O)c3ccccc3Cl)cc21. The number of anilines is 2. The van der Waals surface area contributed by atoms with Gasteiger partial charge < -0.3 is 9.64 Å². The van der Waals surface area contributed by atoms with Crippen molar-refractivity contribution in [3.8, 4) is 0 Å². The molecule has 1 aliphatic heterocycles. The van der Waals surface area contributed by atoms with Crippen molar-refractivity contribution in [1.29, 1.82) is 0 Å². The van der Waals surface area contributed by atoms with Crippen LogP contribution in [0.5, 0.6) is 0 Å². The first kappa shape index (κ1) is 17.7. The second-order valence-electron chi connectivity index (χ2n) is 5.61. The van der Waals surface area contributed by atoms with Gasteiger partial charge in [-0.2, -0.15) is 0 Å². The van der Waals surface area contributed by atoms with Crippen molar-refractivity contribution in [3.05, 3.63) is 53.1 Å². The summed E-state index contributed by atoms with van der Waals surface area (Å²) < 4.78 is 32.5. The number of benzene rings is 2. The van der Waals surface area contributed by atoms with E-state index in [4.69, 9.17) is 16.3 Å². The molecule has 25 heavy (non-hydrogen) atoms. The van der Waals surface area contributed by atoms with Crippen molar-refractivity contribution in [2.24, 2.45) is 0 Å². The van der Waals surface area contributed by atoms with Gasteiger partial charge >= 0.3 is 0 Å². The first-order chi connectivity index (χ1) is 11.9. The monoisotopic (exact) mass is 380 g/mol. The highest BCUT2D eigenvalue weighted by atomic mass is 35.5. The third-order valence-electron chi connectivity index (χ3n) is 3.93. The topological polar surface area (TPSA) is 75.7 Å². The van der Waals surface area contributed by atoms with Gasteiger partial charge in [0.2, 0.25) is 0 Å². The van der Waals surface area contributed by atoms with E-state index in [-0.39, 0.29) is 22.4 Å². The number of nitrogens with one attached hydrogen (secondary N) is 1. The van der Waals surface area contributed by atoms with Crippen LogP contribution in [-0.2, 0) is 26.0 Å².